The van der Waals surface area contributed by atoms with E-state index in [4.69, 9.17) is 0 Å². The molecule has 0 amide bonds. The lowest BCUT2D eigenvalue weighted by atomic mass is 10.1. The van der Waals surface area contributed by atoms with Crippen LogP contribution in [0.15, 0.2) is 5.51 Å². The van der Waals surface area contributed by atoms with Crippen molar-refractivity contribution in [3.05, 3.63) is 16.1 Å². The van der Waals surface area contributed by atoms with Crippen molar-refractivity contribution in [1.82, 2.24) is 15.2 Å². The van der Waals surface area contributed by atoms with Crippen LogP contribution in [0.2, 0.25) is 0 Å². The number of nitrogens with zero attached hydrogens (tertiary/aromatic N) is 2. The van der Waals surface area contributed by atoms with E-state index in [1.165, 1.54) is 36.6 Å². The minimum absolute atomic E-state index is 0.836. The molecule has 1 atom stereocenters. The van der Waals surface area contributed by atoms with Gasteiger partial charge in [0, 0.05) is 18.0 Å². The molecule has 1 aromatic heterocycles. The Morgan fingerprint density at radius 3 is 3.13 bits per heavy atom. The molecule has 1 aliphatic rings. The highest BCUT2D eigenvalue weighted by Crippen LogP contribution is 2.16. The Hall–Kier alpha value is -0.450. The minimum atomic E-state index is 0.836. The lowest BCUT2D eigenvalue weighted by Crippen LogP contribution is -2.26. The van der Waals surface area contributed by atoms with Gasteiger partial charge in [-0.15, -0.1) is 11.3 Å². The quantitative estimate of drug-likeness (QED) is 0.841. The third-order valence-corrected chi connectivity index (χ3v) is 3.91. The van der Waals surface area contributed by atoms with E-state index in [0.29, 0.717) is 0 Å². The van der Waals surface area contributed by atoms with Gasteiger partial charge in [-0.1, -0.05) is 0 Å². The van der Waals surface area contributed by atoms with Crippen molar-refractivity contribution in [2.75, 3.05) is 26.7 Å². The third kappa shape index (κ3) is 3.00. The monoisotopic (exact) mass is 225 g/mol. The standard InChI is InChI=1S/C11H19N3S/c1-9-11(15-8-13-9)7-14(2)6-10-3-4-12-5-10/h8,10,12H,3-7H2,1-2H3/t10-/m1/s1. The number of hydrogen-bond acceptors (Lipinski definition) is 4. The van der Waals surface area contributed by atoms with Crippen LogP contribution < -0.4 is 5.32 Å². The zero-order valence-electron chi connectivity index (χ0n) is 9.49. The van der Waals surface area contributed by atoms with E-state index in [1.54, 1.807) is 11.3 Å². The SMILES string of the molecule is Cc1ncsc1CN(C)C[C@@H]1CCNC1. The largest absolute Gasteiger partial charge is 0.316 e. The van der Waals surface area contributed by atoms with Gasteiger partial charge in [-0.25, -0.2) is 4.98 Å². The van der Waals surface area contributed by atoms with Crippen molar-refractivity contribution >= 4 is 11.3 Å². The van der Waals surface area contributed by atoms with Crippen LogP contribution in [0.3, 0.4) is 0 Å². The van der Waals surface area contributed by atoms with Crippen molar-refractivity contribution in [3.8, 4) is 0 Å². The second-order valence-electron chi connectivity index (χ2n) is 4.42. The Balaban J connectivity index is 1.81. The van der Waals surface area contributed by atoms with Crippen molar-refractivity contribution < 1.29 is 0 Å². The van der Waals surface area contributed by atoms with Crippen molar-refractivity contribution in [2.45, 2.75) is 19.9 Å². The van der Waals surface area contributed by atoms with Gasteiger partial charge in [0.2, 0.25) is 0 Å². The molecule has 0 spiro atoms. The summed E-state index contributed by atoms with van der Waals surface area (Å²) in [6.07, 6.45) is 1.33. The first kappa shape index (κ1) is 11.0. The summed E-state index contributed by atoms with van der Waals surface area (Å²) in [4.78, 5) is 8.10. The number of hydrogen-bond donors (Lipinski definition) is 1. The van der Waals surface area contributed by atoms with Crippen LogP contribution in [0.4, 0.5) is 0 Å². The van der Waals surface area contributed by atoms with Gasteiger partial charge >= 0.3 is 0 Å². The molecule has 0 bridgehead atoms. The smallest absolute Gasteiger partial charge is 0.0798 e. The van der Waals surface area contributed by atoms with Crippen LogP contribution in [-0.4, -0.2) is 36.6 Å². The molecule has 1 saturated heterocycles. The van der Waals surface area contributed by atoms with E-state index >= 15 is 0 Å². The first-order valence-electron chi connectivity index (χ1n) is 5.54. The van der Waals surface area contributed by atoms with Crippen LogP contribution in [0.5, 0.6) is 0 Å². The fourth-order valence-electron chi connectivity index (χ4n) is 2.10. The van der Waals surface area contributed by atoms with Crippen LogP contribution in [0.25, 0.3) is 0 Å². The number of rotatable bonds is 4. The van der Waals surface area contributed by atoms with Gasteiger partial charge in [0.25, 0.3) is 0 Å². The zero-order chi connectivity index (χ0) is 10.7. The maximum atomic E-state index is 4.28. The van der Waals surface area contributed by atoms with Crippen molar-refractivity contribution in [1.29, 1.82) is 0 Å². The Bertz CT molecular complexity index is 305. The number of aryl methyl sites for hydroxylation is 1. The second kappa shape index (κ2) is 5.05. The molecule has 15 heavy (non-hydrogen) atoms. The molecule has 1 aromatic rings. The van der Waals surface area contributed by atoms with Crippen LogP contribution >= 0.6 is 11.3 Å². The average Bonchev–Trinajstić information content (AvgIpc) is 2.79. The van der Waals surface area contributed by atoms with Crippen molar-refractivity contribution in [3.63, 3.8) is 0 Å². The van der Waals surface area contributed by atoms with Gasteiger partial charge in [-0.05, 0) is 39.4 Å². The van der Waals surface area contributed by atoms with Gasteiger partial charge in [0.1, 0.15) is 0 Å². The Morgan fingerprint density at radius 2 is 2.53 bits per heavy atom. The van der Waals surface area contributed by atoms with Gasteiger partial charge in [0.15, 0.2) is 0 Å². The molecule has 3 nitrogen and oxygen atoms in total. The van der Waals surface area contributed by atoms with Crippen LogP contribution in [0, 0.1) is 12.8 Å². The molecule has 1 N–H and O–H groups in total. The summed E-state index contributed by atoms with van der Waals surface area (Å²) in [5, 5.41) is 3.41. The molecule has 2 rings (SSSR count). The average molecular weight is 225 g/mol. The minimum Gasteiger partial charge on any atom is -0.316 e. The maximum absolute atomic E-state index is 4.28. The summed E-state index contributed by atoms with van der Waals surface area (Å²) >= 11 is 1.77. The molecular weight excluding hydrogens is 206 g/mol. The van der Waals surface area contributed by atoms with E-state index in [9.17, 15) is 0 Å². The molecular formula is C11H19N3S. The Kier molecular flexibility index (Phi) is 3.72. The lowest BCUT2D eigenvalue weighted by molar-refractivity contribution is 0.280. The van der Waals surface area contributed by atoms with Gasteiger partial charge in [-0.3, -0.25) is 0 Å². The first-order chi connectivity index (χ1) is 7.25. The predicted octanol–water partition coefficient (Wildman–Crippen LogP) is 1.49. The molecule has 84 valence electrons. The van der Waals surface area contributed by atoms with Gasteiger partial charge < -0.3 is 10.2 Å². The van der Waals surface area contributed by atoms with Gasteiger partial charge in [-0.2, -0.15) is 0 Å². The lowest BCUT2D eigenvalue weighted by Gasteiger charge is -2.19. The molecule has 1 aliphatic heterocycles. The fraction of sp³-hybridized carbons (Fsp3) is 0.727. The van der Waals surface area contributed by atoms with E-state index in [1.807, 2.05) is 5.51 Å². The molecule has 0 aromatic carbocycles. The highest BCUT2D eigenvalue weighted by molar-refractivity contribution is 7.09. The topological polar surface area (TPSA) is 28.2 Å². The summed E-state index contributed by atoms with van der Waals surface area (Å²) in [5.74, 6) is 0.836. The van der Waals surface area contributed by atoms with E-state index in [-0.39, 0.29) is 0 Å². The number of thiazole rings is 1. The molecule has 0 aliphatic carbocycles. The summed E-state index contributed by atoms with van der Waals surface area (Å²) in [6, 6.07) is 0. The summed E-state index contributed by atoms with van der Waals surface area (Å²) in [7, 11) is 2.21. The maximum Gasteiger partial charge on any atom is 0.0798 e. The number of nitrogens with one attached hydrogen (secondary N) is 1. The number of aromatic nitrogens is 1. The van der Waals surface area contributed by atoms with E-state index < -0.39 is 0 Å². The molecule has 4 heteroatoms. The third-order valence-electron chi connectivity index (χ3n) is 2.99. The van der Waals surface area contributed by atoms with Crippen molar-refractivity contribution in [2.24, 2.45) is 5.92 Å². The van der Waals surface area contributed by atoms with Gasteiger partial charge in [0.05, 0.1) is 11.2 Å². The Labute approximate surface area is 95.5 Å². The molecule has 0 radical (unpaired) electrons. The normalized spacial score (nSPS) is 21.4. The molecule has 2 heterocycles. The van der Waals surface area contributed by atoms with E-state index in [2.05, 4.69) is 29.2 Å². The highest BCUT2D eigenvalue weighted by atomic mass is 32.1. The van der Waals surface area contributed by atoms with Crippen LogP contribution in [-0.2, 0) is 6.54 Å². The van der Waals surface area contributed by atoms with E-state index in [0.717, 1.165) is 12.5 Å². The predicted molar refractivity (Wildman–Crippen MR) is 64.2 cm³/mol. The zero-order valence-corrected chi connectivity index (χ0v) is 10.3. The summed E-state index contributed by atoms with van der Waals surface area (Å²) in [6.45, 7) is 6.72. The second-order valence-corrected chi connectivity index (χ2v) is 5.36. The highest BCUT2D eigenvalue weighted by Gasteiger charge is 2.16. The first-order valence-corrected chi connectivity index (χ1v) is 6.42. The summed E-state index contributed by atoms with van der Waals surface area (Å²) in [5.41, 5.74) is 3.13. The Morgan fingerprint density at radius 1 is 1.67 bits per heavy atom. The molecule has 0 unspecified atom stereocenters. The molecule has 1 fully saturated rings. The fourth-order valence-corrected chi connectivity index (χ4v) is 2.95. The van der Waals surface area contributed by atoms with Crippen LogP contribution in [0.1, 0.15) is 17.0 Å². The molecule has 0 saturated carbocycles. The summed E-state index contributed by atoms with van der Waals surface area (Å²) < 4.78 is 0.